The lowest BCUT2D eigenvalue weighted by Crippen LogP contribution is -2.15. The maximum absolute atomic E-state index is 11.8. The van der Waals surface area contributed by atoms with E-state index in [1.165, 1.54) is 0 Å². The molecule has 3 heteroatoms. The number of hydrogen-bond acceptors (Lipinski definition) is 3. The van der Waals surface area contributed by atoms with Crippen LogP contribution in [0.4, 0.5) is 0 Å². The molecule has 1 aromatic carbocycles. The second-order valence-corrected chi connectivity index (χ2v) is 3.84. The van der Waals surface area contributed by atoms with Crippen molar-refractivity contribution < 1.29 is 14.3 Å². The van der Waals surface area contributed by atoms with Gasteiger partial charge in [0.2, 0.25) is 0 Å². The molecule has 17 heavy (non-hydrogen) atoms. The van der Waals surface area contributed by atoms with E-state index in [0.29, 0.717) is 43.1 Å². The summed E-state index contributed by atoms with van der Waals surface area (Å²) < 4.78 is 10.8. The molecular formula is C14H14O3. The maximum atomic E-state index is 11.8. The molecule has 0 spiro atoms. The molecule has 88 valence electrons. The monoisotopic (exact) mass is 230 g/mol. The Balaban J connectivity index is 2.06. The van der Waals surface area contributed by atoms with Crippen molar-refractivity contribution in [1.29, 1.82) is 0 Å². The number of benzene rings is 1. The minimum atomic E-state index is 0.0947. The zero-order valence-electron chi connectivity index (χ0n) is 9.57. The topological polar surface area (TPSA) is 35.5 Å². The quantitative estimate of drug-likeness (QED) is 0.453. The van der Waals surface area contributed by atoms with Crippen LogP contribution < -0.4 is 9.47 Å². The van der Waals surface area contributed by atoms with Crippen molar-refractivity contribution in [3.63, 3.8) is 0 Å². The second-order valence-electron chi connectivity index (χ2n) is 3.84. The summed E-state index contributed by atoms with van der Waals surface area (Å²) in [6.45, 7) is 1.09. The van der Waals surface area contributed by atoms with E-state index in [4.69, 9.17) is 15.9 Å². The normalized spacial score (nSPS) is 12.9. The van der Waals surface area contributed by atoms with E-state index in [2.05, 4.69) is 5.92 Å². The summed E-state index contributed by atoms with van der Waals surface area (Å²) in [6.07, 6.45) is 6.98. The predicted octanol–water partition coefficient (Wildman–Crippen LogP) is 2.44. The van der Waals surface area contributed by atoms with Gasteiger partial charge in [-0.15, -0.1) is 12.3 Å². The second kappa shape index (κ2) is 5.40. The van der Waals surface area contributed by atoms with Crippen LogP contribution in [0.25, 0.3) is 0 Å². The number of fused-ring (bicyclic) bond motifs is 1. The van der Waals surface area contributed by atoms with Crippen LogP contribution in [0.15, 0.2) is 18.2 Å². The Labute approximate surface area is 101 Å². The maximum Gasteiger partial charge on any atom is 0.163 e. The van der Waals surface area contributed by atoms with Gasteiger partial charge < -0.3 is 9.47 Å². The summed E-state index contributed by atoms with van der Waals surface area (Å²) in [5.74, 6) is 3.98. The molecule has 0 atom stereocenters. The highest BCUT2D eigenvalue weighted by atomic mass is 16.6. The van der Waals surface area contributed by atoms with Crippen molar-refractivity contribution in [3.05, 3.63) is 23.8 Å². The third-order valence-corrected chi connectivity index (χ3v) is 2.59. The van der Waals surface area contributed by atoms with Crippen molar-refractivity contribution in [2.45, 2.75) is 19.3 Å². The summed E-state index contributed by atoms with van der Waals surface area (Å²) in [7, 11) is 0. The first kappa shape index (κ1) is 11.5. The Bertz CT molecular complexity index is 457. The summed E-state index contributed by atoms with van der Waals surface area (Å²) in [5, 5.41) is 0. The fourth-order valence-electron chi connectivity index (χ4n) is 1.71. The largest absolute Gasteiger partial charge is 0.486 e. The first-order valence-electron chi connectivity index (χ1n) is 5.67. The van der Waals surface area contributed by atoms with Crippen molar-refractivity contribution >= 4 is 5.78 Å². The zero-order chi connectivity index (χ0) is 12.1. The van der Waals surface area contributed by atoms with Crippen LogP contribution in [-0.2, 0) is 0 Å². The van der Waals surface area contributed by atoms with Crippen LogP contribution in [0.3, 0.4) is 0 Å². The molecule has 3 nitrogen and oxygen atoms in total. The summed E-state index contributed by atoms with van der Waals surface area (Å²) in [4.78, 5) is 11.8. The standard InChI is InChI=1S/C14H14O3/c1-2-3-4-5-12(15)11-6-7-13-14(10-11)17-9-8-16-13/h1,6-7,10H,3-5,8-9H2. The number of ketones is 1. The molecule has 0 radical (unpaired) electrons. The van der Waals surface area contributed by atoms with E-state index in [1.54, 1.807) is 18.2 Å². The van der Waals surface area contributed by atoms with Crippen molar-refractivity contribution in [2.24, 2.45) is 0 Å². The third kappa shape index (κ3) is 2.79. The minimum Gasteiger partial charge on any atom is -0.486 e. The number of carbonyl (C=O) groups excluding carboxylic acids is 1. The van der Waals surface area contributed by atoms with Gasteiger partial charge in [-0.05, 0) is 24.6 Å². The van der Waals surface area contributed by atoms with E-state index in [9.17, 15) is 4.79 Å². The Morgan fingerprint density at radius 1 is 1.29 bits per heavy atom. The molecule has 0 saturated carbocycles. The van der Waals surface area contributed by atoms with Gasteiger partial charge in [0.15, 0.2) is 17.3 Å². The number of rotatable bonds is 4. The Morgan fingerprint density at radius 2 is 2.06 bits per heavy atom. The van der Waals surface area contributed by atoms with E-state index >= 15 is 0 Å². The van der Waals surface area contributed by atoms with Crippen molar-refractivity contribution in [2.75, 3.05) is 13.2 Å². The van der Waals surface area contributed by atoms with Crippen molar-refractivity contribution in [1.82, 2.24) is 0 Å². The Kier molecular flexibility index (Phi) is 3.66. The molecule has 1 aromatic rings. The molecule has 0 fully saturated rings. The lowest BCUT2D eigenvalue weighted by molar-refractivity contribution is 0.0979. The van der Waals surface area contributed by atoms with Crippen molar-refractivity contribution in [3.8, 4) is 23.8 Å². The molecule has 0 amide bonds. The highest BCUT2D eigenvalue weighted by Crippen LogP contribution is 2.31. The lowest BCUT2D eigenvalue weighted by atomic mass is 10.0. The molecule has 0 aliphatic carbocycles. The fourth-order valence-corrected chi connectivity index (χ4v) is 1.71. The Morgan fingerprint density at radius 3 is 2.82 bits per heavy atom. The fraction of sp³-hybridized carbons (Fsp3) is 0.357. The number of ether oxygens (including phenoxy) is 2. The molecule has 1 aliphatic rings. The molecular weight excluding hydrogens is 216 g/mol. The van der Waals surface area contributed by atoms with Crippen LogP contribution >= 0.6 is 0 Å². The number of unbranched alkanes of at least 4 members (excludes halogenated alkanes) is 1. The molecule has 1 heterocycles. The summed E-state index contributed by atoms with van der Waals surface area (Å²) >= 11 is 0. The highest BCUT2D eigenvalue weighted by molar-refractivity contribution is 5.96. The van der Waals surface area contributed by atoms with E-state index in [0.717, 1.165) is 6.42 Å². The molecule has 0 N–H and O–H groups in total. The molecule has 1 aliphatic heterocycles. The zero-order valence-corrected chi connectivity index (χ0v) is 9.57. The highest BCUT2D eigenvalue weighted by Gasteiger charge is 2.14. The molecule has 0 saturated heterocycles. The smallest absolute Gasteiger partial charge is 0.163 e. The third-order valence-electron chi connectivity index (χ3n) is 2.59. The van der Waals surface area contributed by atoms with E-state index in [-0.39, 0.29) is 5.78 Å². The van der Waals surface area contributed by atoms with Gasteiger partial charge in [-0.2, -0.15) is 0 Å². The van der Waals surface area contributed by atoms with Crippen LogP contribution in [0, 0.1) is 12.3 Å². The predicted molar refractivity (Wildman–Crippen MR) is 64.4 cm³/mol. The van der Waals surface area contributed by atoms with E-state index in [1.807, 2.05) is 0 Å². The molecule has 0 bridgehead atoms. The average molecular weight is 230 g/mol. The Hall–Kier alpha value is -1.95. The number of Topliss-reactive ketones (excluding diaryl/α,β-unsaturated/α-hetero) is 1. The van der Waals surface area contributed by atoms with Crippen LogP contribution in [-0.4, -0.2) is 19.0 Å². The molecule has 0 aromatic heterocycles. The number of carbonyl (C=O) groups is 1. The van der Waals surface area contributed by atoms with E-state index < -0.39 is 0 Å². The number of hydrogen-bond donors (Lipinski definition) is 0. The van der Waals surface area contributed by atoms with Gasteiger partial charge in [0.05, 0.1) is 0 Å². The van der Waals surface area contributed by atoms with Gasteiger partial charge in [-0.3, -0.25) is 4.79 Å². The van der Waals surface area contributed by atoms with Crippen LogP contribution in [0.2, 0.25) is 0 Å². The van der Waals surface area contributed by atoms with Crippen LogP contribution in [0.5, 0.6) is 11.5 Å². The minimum absolute atomic E-state index is 0.0947. The van der Waals surface area contributed by atoms with Gasteiger partial charge in [0.1, 0.15) is 13.2 Å². The lowest BCUT2D eigenvalue weighted by Gasteiger charge is -2.18. The first-order chi connectivity index (χ1) is 8.31. The van der Waals surface area contributed by atoms with Gasteiger partial charge in [-0.25, -0.2) is 0 Å². The van der Waals surface area contributed by atoms with Gasteiger partial charge in [0.25, 0.3) is 0 Å². The molecule has 0 unspecified atom stereocenters. The summed E-state index contributed by atoms with van der Waals surface area (Å²) in [6, 6.07) is 5.29. The van der Waals surface area contributed by atoms with Gasteiger partial charge >= 0.3 is 0 Å². The van der Waals surface area contributed by atoms with Gasteiger partial charge in [0, 0.05) is 18.4 Å². The molecule has 2 rings (SSSR count). The SMILES string of the molecule is C#CCCCC(=O)c1ccc2c(c1)OCCO2. The first-order valence-corrected chi connectivity index (χ1v) is 5.67. The number of terminal acetylenes is 1. The summed E-state index contributed by atoms with van der Waals surface area (Å²) in [5.41, 5.74) is 0.659. The average Bonchev–Trinajstić information content (AvgIpc) is 2.38. The van der Waals surface area contributed by atoms with Crippen LogP contribution in [0.1, 0.15) is 29.6 Å². The van der Waals surface area contributed by atoms with Gasteiger partial charge in [-0.1, -0.05) is 0 Å².